The highest BCUT2D eigenvalue weighted by atomic mass is 16.5. The van der Waals surface area contributed by atoms with Crippen LogP contribution in [-0.2, 0) is 0 Å². The zero-order valence-electron chi connectivity index (χ0n) is 18.5. The van der Waals surface area contributed by atoms with Crippen LogP contribution in [0.25, 0.3) is 0 Å². The van der Waals surface area contributed by atoms with Crippen LogP contribution in [0.1, 0.15) is 0 Å². The summed E-state index contributed by atoms with van der Waals surface area (Å²) in [4.78, 5) is 2.42. The predicted molar refractivity (Wildman–Crippen MR) is 143 cm³/mol. The van der Waals surface area contributed by atoms with E-state index in [4.69, 9.17) is 4.74 Å². The SMILES string of the molecule is c1ccc(N2c3ccccc3B3c4ccccc4B4c5ccccc5Oc5ccc2c3c54)cc1. The first-order valence-corrected chi connectivity index (χ1v) is 11.9. The van der Waals surface area contributed by atoms with E-state index >= 15 is 0 Å². The van der Waals surface area contributed by atoms with E-state index in [1.54, 1.807) is 0 Å². The third kappa shape index (κ3) is 2.28. The number of hydrogen-bond donors (Lipinski definition) is 0. The molecule has 8 rings (SSSR count). The van der Waals surface area contributed by atoms with Gasteiger partial charge in [-0.3, -0.25) is 0 Å². The molecule has 156 valence electrons. The van der Waals surface area contributed by atoms with Gasteiger partial charge < -0.3 is 9.64 Å². The molecule has 0 spiro atoms. The zero-order chi connectivity index (χ0) is 22.2. The highest BCUT2D eigenvalue weighted by Gasteiger charge is 2.47. The lowest BCUT2D eigenvalue weighted by atomic mass is 9.20. The third-order valence-corrected chi connectivity index (χ3v) is 7.61. The summed E-state index contributed by atoms with van der Waals surface area (Å²) in [7, 11) is 0. The van der Waals surface area contributed by atoms with E-state index in [1.807, 2.05) is 0 Å². The van der Waals surface area contributed by atoms with Gasteiger partial charge in [0.2, 0.25) is 13.4 Å². The molecule has 0 saturated carbocycles. The molecular weight excluding hydrogens is 412 g/mol. The highest BCUT2D eigenvalue weighted by molar-refractivity contribution is 7.13. The Morgan fingerprint density at radius 1 is 0.441 bits per heavy atom. The van der Waals surface area contributed by atoms with Crippen LogP contribution < -0.4 is 42.4 Å². The van der Waals surface area contributed by atoms with Gasteiger partial charge in [-0.1, -0.05) is 89.8 Å². The molecule has 0 saturated heterocycles. The number of rotatable bonds is 1. The number of ether oxygens (including phenoxy) is 1. The van der Waals surface area contributed by atoms with Crippen molar-refractivity contribution in [3.63, 3.8) is 0 Å². The average molecular weight is 431 g/mol. The number of anilines is 3. The van der Waals surface area contributed by atoms with Crippen LogP contribution in [0.5, 0.6) is 11.5 Å². The van der Waals surface area contributed by atoms with Crippen LogP contribution in [0.3, 0.4) is 0 Å². The van der Waals surface area contributed by atoms with Gasteiger partial charge in [0.25, 0.3) is 0 Å². The van der Waals surface area contributed by atoms with Gasteiger partial charge in [0.1, 0.15) is 11.5 Å². The largest absolute Gasteiger partial charge is 0.458 e. The number of benzene rings is 5. The van der Waals surface area contributed by atoms with Crippen molar-refractivity contribution >= 4 is 63.3 Å². The zero-order valence-corrected chi connectivity index (χ0v) is 18.5. The van der Waals surface area contributed by atoms with Gasteiger partial charge in [0.05, 0.1) is 0 Å². The molecule has 0 aromatic heterocycles. The van der Waals surface area contributed by atoms with Crippen LogP contribution in [0, 0.1) is 0 Å². The molecule has 0 bridgehead atoms. The van der Waals surface area contributed by atoms with E-state index in [2.05, 4.69) is 120 Å². The molecule has 0 radical (unpaired) electrons. The maximum absolute atomic E-state index is 6.52. The fourth-order valence-corrected chi connectivity index (χ4v) is 6.33. The van der Waals surface area contributed by atoms with Crippen LogP contribution in [0.4, 0.5) is 17.1 Å². The molecule has 0 fully saturated rings. The molecule has 0 N–H and O–H groups in total. The molecule has 3 heterocycles. The van der Waals surface area contributed by atoms with E-state index in [0.29, 0.717) is 0 Å². The minimum absolute atomic E-state index is 0.172. The van der Waals surface area contributed by atoms with Gasteiger partial charge in [-0.15, -0.1) is 0 Å². The number of nitrogens with zero attached hydrogens (tertiary/aromatic N) is 1. The fraction of sp³-hybridized carbons (Fsp3) is 0. The summed E-state index contributed by atoms with van der Waals surface area (Å²) in [5.41, 5.74) is 11.7. The number of fused-ring (bicyclic) bond motifs is 7. The molecule has 34 heavy (non-hydrogen) atoms. The Kier molecular flexibility index (Phi) is 3.59. The molecule has 0 atom stereocenters. The maximum Gasteiger partial charge on any atom is 0.249 e. The van der Waals surface area contributed by atoms with E-state index < -0.39 is 0 Å². The molecule has 0 amide bonds. The fourth-order valence-electron chi connectivity index (χ4n) is 6.33. The van der Waals surface area contributed by atoms with Crippen molar-refractivity contribution in [3.8, 4) is 11.5 Å². The Labute approximate surface area is 199 Å². The second-order valence-corrected chi connectivity index (χ2v) is 9.27. The van der Waals surface area contributed by atoms with Gasteiger partial charge in [0.15, 0.2) is 0 Å². The Bertz CT molecular complexity index is 1600. The summed E-state index contributed by atoms with van der Waals surface area (Å²) >= 11 is 0. The first kappa shape index (κ1) is 18.3. The Balaban J connectivity index is 1.51. The lowest BCUT2D eigenvalue weighted by molar-refractivity contribution is 0.488. The number of para-hydroxylation sites is 3. The summed E-state index contributed by atoms with van der Waals surface area (Å²) in [6.07, 6.45) is 0. The number of hydrogen-bond acceptors (Lipinski definition) is 2. The van der Waals surface area contributed by atoms with Crippen molar-refractivity contribution in [1.29, 1.82) is 0 Å². The van der Waals surface area contributed by atoms with Crippen LogP contribution >= 0.6 is 0 Å². The monoisotopic (exact) mass is 431 g/mol. The Morgan fingerprint density at radius 2 is 1.06 bits per heavy atom. The van der Waals surface area contributed by atoms with Gasteiger partial charge in [-0.2, -0.15) is 0 Å². The van der Waals surface area contributed by atoms with E-state index in [-0.39, 0.29) is 13.4 Å². The van der Waals surface area contributed by atoms with Crippen molar-refractivity contribution in [2.24, 2.45) is 0 Å². The highest BCUT2D eigenvalue weighted by Crippen LogP contribution is 2.38. The van der Waals surface area contributed by atoms with Crippen molar-refractivity contribution in [1.82, 2.24) is 0 Å². The molecular formula is C30H19B2NO. The molecule has 0 aliphatic carbocycles. The summed E-state index contributed by atoms with van der Waals surface area (Å²) < 4.78 is 6.52. The molecule has 3 aliphatic rings. The summed E-state index contributed by atoms with van der Waals surface area (Å²) in [6, 6.07) is 41.5. The summed E-state index contributed by atoms with van der Waals surface area (Å²) in [6.45, 7) is 0.354. The second-order valence-electron chi connectivity index (χ2n) is 9.27. The Hall–Kier alpha value is -4.17. The second kappa shape index (κ2) is 6.68. The molecule has 5 aromatic rings. The molecule has 4 heteroatoms. The quantitative estimate of drug-likeness (QED) is 0.371. The topological polar surface area (TPSA) is 12.5 Å². The first-order valence-electron chi connectivity index (χ1n) is 11.9. The van der Waals surface area contributed by atoms with Crippen LogP contribution in [0.15, 0.2) is 115 Å². The molecule has 2 nitrogen and oxygen atoms in total. The van der Waals surface area contributed by atoms with Crippen molar-refractivity contribution in [3.05, 3.63) is 115 Å². The molecule has 0 unspecified atom stereocenters. The van der Waals surface area contributed by atoms with Crippen LogP contribution in [-0.4, -0.2) is 13.4 Å². The summed E-state index contributed by atoms with van der Waals surface area (Å²) in [5, 5.41) is 0. The van der Waals surface area contributed by atoms with E-state index in [9.17, 15) is 0 Å². The van der Waals surface area contributed by atoms with Crippen molar-refractivity contribution in [2.75, 3.05) is 4.90 Å². The predicted octanol–water partition coefficient (Wildman–Crippen LogP) is 2.92. The average Bonchev–Trinajstić information content (AvgIpc) is 2.91. The van der Waals surface area contributed by atoms with Crippen molar-refractivity contribution in [2.45, 2.75) is 0 Å². The van der Waals surface area contributed by atoms with Gasteiger partial charge in [0, 0.05) is 17.1 Å². The van der Waals surface area contributed by atoms with Crippen molar-refractivity contribution < 1.29 is 4.74 Å². The lowest BCUT2D eigenvalue weighted by Gasteiger charge is -2.43. The van der Waals surface area contributed by atoms with Gasteiger partial charge >= 0.3 is 0 Å². The molecule has 5 aromatic carbocycles. The lowest BCUT2D eigenvalue weighted by Crippen LogP contribution is -2.77. The molecule has 3 aliphatic heterocycles. The normalized spacial score (nSPS) is 13.9. The smallest absolute Gasteiger partial charge is 0.249 e. The maximum atomic E-state index is 6.52. The van der Waals surface area contributed by atoms with Crippen LogP contribution in [0.2, 0.25) is 0 Å². The Morgan fingerprint density at radius 3 is 1.85 bits per heavy atom. The standard InChI is InChI=1S/C30H19B2NO/c1-2-10-20(11-3-1)33-25-16-8-6-14-23(25)31-21-12-4-5-13-22(21)32-24-15-7-9-17-27(24)34-28-19-18-26(33)29(31)30(28)32/h1-19H. The van der Waals surface area contributed by atoms with E-state index in [1.165, 1.54) is 49.8 Å². The third-order valence-electron chi connectivity index (χ3n) is 7.61. The minimum Gasteiger partial charge on any atom is -0.458 e. The van der Waals surface area contributed by atoms with Gasteiger partial charge in [-0.05, 0) is 58.2 Å². The van der Waals surface area contributed by atoms with Gasteiger partial charge in [-0.25, -0.2) is 0 Å². The van der Waals surface area contributed by atoms with E-state index in [0.717, 1.165) is 11.5 Å². The summed E-state index contributed by atoms with van der Waals surface area (Å²) in [5.74, 6) is 1.94. The first-order chi connectivity index (χ1) is 16.9. The minimum atomic E-state index is 0.172.